The van der Waals surface area contributed by atoms with Gasteiger partial charge in [-0.05, 0) is 37.1 Å². The molecule has 0 atom stereocenters. The first-order chi connectivity index (χ1) is 8.15. The van der Waals surface area contributed by atoms with Gasteiger partial charge < -0.3 is 15.0 Å². The van der Waals surface area contributed by atoms with E-state index in [4.69, 9.17) is 15.0 Å². The minimum absolute atomic E-state index is 0.362. The number of nitrogens with zero attached hydrogens (tertiary/aromatic N) is 1. The van der Waals surface area contributed by atoms with Crippen molar-refractivity contribution in [3.8, 4) is 17.0 Å². The van der Waals surface area contributed by atoms with Crippen molar-refractivity contribution < 1.29 is 9.26 Å². The van der Waals surface area contributed by atoms with Crippen LogP contribution in [0.15, 0.2) is 22.7 Å². The summed E-state index contributed by atoms with van der Waals surface area (Å²) in [6, 6.07) is 5.85. The van der Waals surface area contributed by atoms with Gasteiger partial charge in [-0.15, -0.1) is 0 Å². The quantitative estimate of drug-likeness (QED) is 0.882. The van der Waals surface area contributed by atoms with Gasteiger partial charge in [-0.25, -0.2) is 0 Å². The van der Waals surface area contributed by atoms with E-state index < -0.39 is 0 Å². The van der Waals surface area contributed by atoms with Crippen LogP contribution in [0.4, 0.5) is 0 Å². The molecule has 1 aromatic carbocycles. The predicted octanol–water partition coefficient (Wildman–Crippen LogP) is 2.43. The molecule has 0 bridgehead atoms. The molecule has 0 aliphatic heterocycles. The van der Waals surface area contributed by atoms with Gasteiger partial charge in [-0.3, -0.25) is 0 Å². The SMILES string of the molecule is COc1cc(C)c(-c2cc(CN)on2)c(C)c1. The third-order valence-electron chi connectivity index (χ3n) is 2.76. The van der Waals surface area contributed by atoms with E-state index in [9.17, 15) is 0 Å². The average molecular weight is 232 g/mol. The van der Waals surface area contributed by atoms with E-state index in [0.717, 1.165) is 28.1 Å². The van der Waals surface area contributed by atoms with Crippen molar-refractivity contribution >= 4 is 0 Å². The first-order valence-electron chi connectivity index (χ1n) is 5.47. The molecule has 0 aliphatic carbocycles. The molecule has 90 valence electrons. The van der Waals surface area contributed by atoms with Gasteiger partial charge in [0.25, 0.3) is 0 Å². The number of methoxy groups -OCH3 is 1. The Balaban J connectivity index is 2.51. The first kappa shape index (κ1) is 11.7. The molecule has 1 aromatic heterocycles. The number of ether oxygens (including phenoxy) is 1. The smallest absolute Gasteiger partial charge is 0.150 e. The molecular weight excluding hydrogens is 216 g/mol. The van der Waals surface area contributed by atoms with Crippen LogP contribution in [-0.4, -0.2) is 12.3 Å². The molecule has 2 N–H and O–H groups in total. The Morgan fingerprint density at radius 3 is 2.35 bits per heavy atom. The fourth-order valence-corrected chi connectivity index (χ4v) is 1.97. The molecule has 4 nitrogen and oxygen atoms in total. The molecule has 17 heavy (non-hydrogen) atoms. The fourth-order valence-electron chi connectivity index (χ4n) is 1.97. The lowest BCUT2D eigenvalue weighted by Gasteiger charge is -2.09. The summed E-state index contributed by atoms with van der Waals surface area (Å²) in [6.45, 7) is 4.42. The second kappa shape index (κ2) is 4.59. The topological polar surface area (TPSA) is 61.3 Å². The van der Waals surface area contributed by atoms with Crippen LogP contribution in [0.1, 0.15) is 16.9 Å². The van der Waals surface area contributed by atoms with Crippen molar-refractivity contribution in [1.29, 1.82) is 0 Å². The highest BCUT2D eigenvalue weighted by molar-refractivity contribution is 5.68. The Morgan fingerprint density at radius 1 is 1.24 bits per heavy atom. The van der Waals surface area contributed by atoms with Crippen molar-refractivity contribution in [3.05, 3.63) is 35.1 Å². The van der Waals surface area contributed by atoms with Gasteiger partial charge in [0, 0.05) is 11.6 Å². The molecule has 0 aliphatic rings. The molecule has 2 aromatic rings. The molecule has 2 rings (SSSR count). The highest BCUT2D eigenvalue weighted by Gasteiger charge is 2.12. The number of hydrogen-bond donors (Lipinski definition) is 1. The molecule has 0 amide bonds. The summed E-state index contributed by atoms with van der Waals surface area (Å²) in [5.41, 5.74) is 9.63. The van der Waals surface area contributed by atoms with Crippen LogP contribution in [0.2, 0.25) is 0 Å². The molecule has 0 fully saturated rings. The summed E-state index contributed by atoms with van der Waals surface area (Å²) in [7, 11) is 1.66. The molecule has 0 unspecified atom stereocenters. The van der Waals surface area contributed by atoms with E-state index in [-0.39, 0.29) is 0 Å². The van der Waals surface area contributed by atoms with Crippen molar-refractivity contribution in [2.45, 2.75) is 20.4 Å². The van der Waals surface area contributed by atoms with E-state index in [0.29, 0.717) is 12.3 Å². The number of hydrogen-bond acceptors (Lipinski definition) is 4. The number of aryl methyl sites for hydroxylation is 2. The van der Waals surface area contributed by atoms with Crippen LogP contribution in [0.5, 0.6) is 5.75 Å². The zero-order chi connectivity index (χ0) is 12.4. The van der Waals surface area contributed by atoms with Gasteiger partial charge in [0.1, 0.15) is 11.4 Å². The Hall–Kier alpha value is -1.81. The van der Waals surface area contributed by atoms with E-state index in [1.807, 2.05) is 32.0 Å². The zero-order valence-corrected chi connectivity index (χ0v) is 10.3. The lowest BCUT2D eigenvalue weighted by molar-refractivity contribution is 0.387. The third-order valence-corrected chi connectivity index (χ3v) is 2.76. The molecule has 4 heteroatoms. The van der Waals surface area contributed by atoms with Crippen molar-refractivity contribution in [3.63, 3.8) is 0 Å². The Morgan fingerprint density at radius 2 is 1.88 bits per heavy atom. The number of benzene rings is 1. The maximum absolute atomic E-state index is 5.51. The minimum atomic E-state index is 0.362. The Labute approximate surface area is 100 Å². The molecule has 0 spiro atoms. The summed E-state index contributed by atoms with van der Waals surface area (Å²) in [4.78, 5) is 0. The monoisotopic (exact) mass is 232 g/mol. The second-order valence-corrected chi connectivity index (χ2v) is 4.02. The van der Waals surface area contributed by atoms with Crippen LogP contribution in [0.3, 0.4) is 0 Å². The lowest BCUT2D eigenvalue weighted by atomic mass is 9.99. The maximum atomic E-state index is 5.51. The minimum Gasteiger partial charge on any atom is -0.497 e. The lowest BCUT2D eigenvalue weighted by Crippen LogP contribution is -1.93. The van der Waals surface area contributed by atoms with Crippen LogP contribution < -0.4 is 10.5 Å². The van der Waals surface area contributed by atoms with Crippen LogP contribution >= 0.6 is 0 Å². The number of aromatic nitrogens is 1. The van der Waals surface area contributed by atoms with Gasteiger partial charge in [0.05, 0.1) is 13.7 Å². The molecule has 0 saturated carbocycles. The van der Waals surface area contributed by atoms with Gasteiger partial charge >= 0.3 is 0 Å². The predicted molar refractivity (Wildman–Crippen MR) is 65.9 cm³/mol. The van der Waals surface area contributed by atoms with Crippen LogP contribution in [0, 0.1) is 13.8 Å². The molecular formula is C13H16N2O2. The highest BCUT2D eigenvalue weighted by Crippen LogP contribution is 2.30. The van der Waals surface area contributed by atoms with Crippen LogP contribution in [-0.2, 0) is 6.54 Å². The summed E-state index contributed by atoms with van der Waals surface area (Å²) in [5, 5.41) is 4.04. The molecule has 0 radical (unpaired) electrons. The van der Waals surface area contributed by atoms with Gasteiger partial charge in [-0.1, -0.05) is 5.16 Å². The van der Waals surface area contributed by atoms with Gasteiger partial charge in [0.15, 0.2) is 5.76 Å². The van der Waals surface area contributed by atoms with Gasteiger partial charge in [0.2, 0.25) is 0 Å². The molecule has 1 heterocycles. The number of nitrogens with two attached hydrogens (primary N) is 1. The second-order valence-electron chi connectivity index (χ2n) is 4.02. The summed E-state index contributed by atoms with van der Waals surface area (Å²) < 4.78 is 10.4. The van der Waals surface area contributed by atoms with E-state index in [2.05, 4.69) is 5.16 Å². The van der Waals surface area contributed by atoms with Gasteiger partial charge in [-0.2, -0.15) is 0 Å². The fraction of sp³-hybridized carbons (Fsp3) is 0.308. The Kier molecular flexibility index (Phi) is 3.15. The summed E-state index contributed by atoms with van der Waals surface area (Å²) >= 11 is 0. The Bertz CT molecular complexity index is 509. The first-order valence-corrected chi connectivity index (χ1v) is 5.47. The molecule has 0 saturated heterocycles. The number of rotatable bonds is 3. The highest BCUT2D eigenvalue weighted by atomic mass is 16.5. The van der Waals surface area contributed by atoms with E-state index in [1.165, 1.54) is 0 Å². The average Bonchev–Trinajstić information content (AvgIpc) is 2.76. The normalized spacial score (nSPS) is 10.6. The van der Waals surface area contributed by atoms with E-state index >= 15 is 0 Å². The van der Waals surface area contributed by atoms with Crippen molar-refractivity contribution in [2.24, 2.45) is 5.73 Å². The van der Waals surface area contributed by atoms with E-state index in [1.54, 1.807) is 7.11 Å². The summed E-state index contributed by atoms with van der Waals surface area (Å²) in [6.07, 6.45) is 0. The third kappa shape index (κ3) is 2.17. The van der Waals surface area contributed by atoms with Crippen molar-refractivity contribution in [2.75, 3.05) is 7.11 Å². The maximum Gasteiger partial charge on any atom is 0.150 e. The standard InChI is InChI=1S/C13H16N2O2/c1-8-4-10(16-3)5-9(2)13(8)12-6-11(7-14)17-15-12/h4-6H,7,14H2,1-3H3. The zero-order valence-electron chi connectivity index (χ0n) is 10.3. The van der Waals surface area contributed by atoms with Crippen molar-refractivity contribution in [1.82, 2.24) is 5.16 Å². The summed E-state index contributed by atoms with van der Waals surface area (Å²) in [5.74, 6) is 1.54. The van der Waals surface area contributed by atoms with Crippen LogP contribution in [0.25, 0.3) is 11.3 Å². The largest absolute Gasteiger partial charge is 0.497 e.